The third kappa shape index (κ3) is 5.00. The molecule has 2 fully saturated rings. The molecule has 2 heterocycles. The van der Waals surface area contributed by atoms with E-state index in [-0.39, 0.29) is 5.91 Å². The maximum atomic E-state index is 12.7. The first-order valence-corrected chi connectivity index (χ1v) is 11.3. The zero-order valence-electron chi connectivity index (χ0n) is 16.0. The molecule has 0 spiro atoms. The van der Waals surface area contributed by atoms with Crippen molar-refractivity contribution in [3.8, 4) is 0 Å². The van der Waals surface area contributed by atoms with Crippen LogP contribution in [0, 0.1) is 12.8 Å². The molecule has 1 aromatic rings. The lowest BCUT2D eigenvalue weighted by Crippen LogP contribution is -2.51. The summed E-state index contributed by atoms with van der Waals surface area (Å²) in [5.74, 6) is -0.267. The van der Waals surface area contributed by atoms with Crippen molar-refractivity contribution in [1.82, 2.24) is 9.21 Å². The molecule has 0 aliphatic carbocycles. The van der Waals surface area contributed by atoms with Gasteiger partial charge in [0.1, 0.15) is 5.75 Å². The Morgan fingerprint density at radius 2 is 1.78 bits per heavy atom. The molecule has 8 heteroatoms. The molecule has 0 atom stereocenters. The van der Waals surface area contributed by atoms with Crippen LogP contribution in [-0.2, 0) is 14.8 Å². The van der Waals surface area contributed by atoms with Crippen LogP contribution in [0.25, 0.3) is 0 Å². The van der Waals surface area contributed by atoms with Crippen LogP contribution in [0.5, 0.6) is 0 Å². The standard InChI is InChI=1S/C19H30N4O3S/c1-16-3-2-4-18(13-16)21-9-11-23(12-10-21)27(25,26)15-19(24)22-7-5-17(14-20)6-8-22/h2-4,13,17H,5-12,14-15,20H2,1H3. The molecule has 7 nitrogen and oxygen atoms in total. The summed E-state index contributed by atoms with van der Waals surface area (Å²) in [6.07, 6.45) is 1.72. The molecule has 2 N–H and O–H groups in total. The Bertz CT molecular complexity index is 752. The van der Waals surface area contributed by atoms with Gasteiger partial charge in [0.15, 0.2) is 0 Å². The molecular weight excluding hydrogens is 364 g/mol. The van der Waals surface area contributed by atoms with Crippen molar-refractivity contribution in [2.24, 2.45) is 11.7 Å². The van der Waals surface area contributed by atoms with Crippen LogP contribution in [-0.4, -0.2) is 75.1 Å². The van der Waals surface area contributed by atoms with Crippen molar-refractivity contribution in [2.45, 2.75) is 19.8 Å². The molecule has 2 aliphatic rings. The van der Waals surface area contributed by atoms with Gasteiger partial charge in [-0.25, -0.2) is 8.42 Å². The first kappa shape index (κ1) is 20.1. The van der Waals surface area contributed by atoms with Gasteiger partial charge in [0.25, 0.3) is 0 Å². The van der Waals surface area contributed by atoms with Gasteiger partial charge < -0.3 is 15.5 Å². The van der Waals surface area contributed by atoms with E-state index >= 15 is 0 Å². The van der Waals surface area contributed by atoms with Gasteiger partial charge in [-0.1, -0.05) is 12.1 Å². The van der Waals surface area contributed by atoms with Crippen molar-refractivity contribution >= 4 is 21.6 Å². The minimum absolute atomic E-state index is 0.286. The molecule has 0 saturated carbocycles. The Hall–Kier alpha value is -1.64. The number of hydrogen-bond acceptors (Lipinski definition) is 5. The van der Waals surface area contributed by atoms with Crippen LogP contribution in [0.2, 0.25) is 0 Å². The number of anilines is 1. The molecule has 3 rings (SSSR count). The van der Waals surface area contributed by atoms with E-state index in [0.717, 1.165) is 18.5 Å². The molecule has 2 aliphatic heterocycles. The summed E-state index contributed by atoms with van der Waals surface area (Å²) >= 11 is 0. The third-order valence-corrected chi connectivity index (χ3v) is 7.37. The number of nitrogens with two attached hydrogens (primary N) is 1. The fourth-order valence-electron chi connectivity index (χ4n) is 3.81. The van der Waals surface area contributed by atoms with E-state index in [2.05, 4.69) is 11.0 Å². The van der Waals surface area contributed by atoms with Crippen molar-refractivity contribution in [3.63, 3.8) is 0 Å². The number of piperidine rings is 1. The second-order valence-corrected chi connectivity index (χ2v) is 9.51. The van der Waals surface area contributed by atoms with E-state index < -0.39 is 15.8 Å². The number of amides is 1. The highest BCUT2D eigenvalue weighted by Gasteiger charge is 2.31. The van der Waals surface area contributed by atoms with Gasteiger partial charge in [-0.2, -0.15) is 4.31 Å². The van der Waals surface area contributed by atoms with Crippen LogP contribution in [0.15, 0.2) is 24.3 Å². The molecule has 0 radical (unpaired) electrons. The van der Waals surface area contributed by atoms with Crippen molar-refractivity contribution in [3.05, 3.63) is 29.8 Å². The average molecular weight is 395 g/mol. The molecule has 150 valence electrons. The van der Waals surface area contributed by atoms with Gasteiger partial charge in [-0.05, 0) is 49.9 Å². The van der Waals surface area contributed by atoms with Crippen LogP contribution < -0.4 is 10.6 Å². The summed E-state index contributed by atoms with van der Waals surface area (Å²) in [4.78, 5) is 16.3. The Morgan fingerprint density at radius 3 is 2.37 bits per heavy atom. The van der Waals surface area contributed by atoms with Crippen LogP contribution in [0.1, 0.15) is 18.4 Å². The number of nitrogens with zero attached hydrogens (tertiary/aromatic N) is 3. The first-order chi connectivity index (χ1) is 12.9. The van der Waals surface area contributed by atoms with Crippen LogP contribution >= 0.6 is 0 Å². The number of likely N-dealkylation sites (tertiary alicyclic amines) is 1. The summed E-state index contributed by atoms with van der Waals surface area (Å²) in [5.41, 5.74) is 7.98. The number of rotatable bonds is 5. The van der Waals surface area contributed by atoms with Crippen LogP contribution in [0.4, 0.5) is 5.69 Å². The summed E-state index contributed by atoms with van der Waals surface area (Å²) in [5, 5.41) is 0. The van der Waals surface area contributed by atoms with E-state index in [9.17, 15) is 13.2 Å². The predicted molar refractivity (Wildman–Crippen MR) is 107 cm³/mol. The molecule has 1 amide bonds. The van der Waals surface area contributed by atoms with E-state index in [0.29, 0.717) is 51.7 Å². The fourth-order valence-corrected chi connectivity index (χ4v) is 5.20. The smallest absolute Gasteiger partial charge is 0.239 e. The van der Waals surface area contributed by atoms with E-state index in [4.69, 9.17) is 5.73 Å². The minimum Gasteiger partial charge on any atom is -0.369 e. The number of carbonyl (C=O) groups is 1. The molecule has 0 unspecified atom stereocenters. The number of sulfonamides is 1. The lowest BCUT2D eigenvalue weighted by molar-refractivity contribution is -0.129. The Labute approximate surface area is 162 Å². The SMILES string of the molecule is Cc1cccc(N2CCN(S(=O)(=O)CC(=O)N3CCC(CN)CC3)CC2)c1. The molecule has 1 aromatic carbocycles. The molecule has 2 saturated heterocycles. The number of benzene rings is 1. The highest BCUT2D eigenvalue weighted by molar-refractivity contribution is 7.89. The number of carbonyl (C=O) groups excluding carboxylic acids is 1. The second kappa shape index (κ2) is 8.58. The van der Waals surface area contributed by atoms with Gasteiger partial charge in [0.2, 0.25) is 15.9 Å². The molecule has 0 bridgehead atoms. The summed E-state index contributed by atoms with van der Waals surface area (Å²) in [6.45, 7) is 6.00. The number of aryl methyl sites for hydroxylation is 1. The Kier molecular flexibility index (Phi) is 6.39. The highest BCUT2D eigenvalue weighted by Crippen LogP contribution is 2.20. The Balaban J connectivity index is 1.53. The first-order valence-electron chi connectivity index (χ1n) is 9.66. The lowest BCUT2D eigenvalue weighted by Gasteiger charge is -2.36. The topological polar surface area (TPSA) is 87.0 Å². The van der Waals surface area contributed by atoms with Crippen molar-refractivity contribution in [2.75, 3.05) is 56.5 Å². The van der Waals surface area contributed by atoms with Crippen LogP contribution in [0.3, 0.4) is 0 Å². The highest BCUT2D eigenvalue weighted by atomic mass is 32.2. The van der Waals surface area contributed by atoms with Gasteiger partial charge in [-0.3, -0.25) is 4.79 Å². The van der Waals surface area contributed by atoms with Crippen molar-refractivity contribution in [1.29, 1.82) is 0 Å². The molecule has 0 aromatic heterocycles. The van der Waals surface area contributed by atoms with E-state index in [1.807, 2.05) is 25.1 Å². The summed E-state index contributed by atoms with van der Waals surface area (Å²) in [6, 6.07) is 8.22. The minimum atomic E-state index is -3.57. The van der Waals surface area contributed by atoms with E-state index in [1.165, 1.54) is 9.87 Å². The lowest BCUT2D eigenvalue weighted by atomic mass is 9.97. The normalized spacial score (nSPS) is 20.1. The fraction of sp³-hybridized carbons (Fsp3) is 0.632. The molecule has 27 heavy (non-hydrogen) atoms. The predicted octanol–water partition coefficient (Wildman–Crippen LogP) is 0.644. The monoisotopic (exact) mass is 394 g/mol. The van der Waals surface area contributed by atoms with Gasteiger partial charge in [0, 0.05) is 45.0 Å². The largest absolute Gasteiger partial charge is 0.369 e. The van der Waals surface area contributed by atoms with Gasteiger partial charge in [-0.15, -0.1) is 0 Å². The van der Waals surface area contributed by atoms with Gasteiger partial charge in [0.05, 0.1) is 0 Å². The maximum Gasteiger partial charge on any atom is 0.239 e. The van der Waals surface area contributed by atoms with Crippen molar-refractivity contribution < 1.29 is 13.2 Å². The second-order valence-electron chi connectivity index (χ2n) is 7.54. The maximum absolute atomic E-state index is 12.7. The number of piperazine rings is 1. The zero-order valence-corrected chi connectivity index (χ0v) is 16.8. The Morgan fingerprint density at radius 1 is 1.11 bits per heavy atom. The third-order valence-electron chi connectivity index (χ3n) is 5.61. The summed E-state index contributed by atoms with van der Waals surface area (Å²) < 4.78 is 26.9. The van der Waals surface area contributed by atoms with E-state index in [1.54, 1.807) is 4.90 Å². The van der Waals surface area contributed by atoms with Gasteiger partial charge >= 0.3 is 0 Å². The number of hydrogen-bond donors (Lipinski definition) is 1. The zero-order chi connectivity index (χ0) is 19.4. The molecular formula is C19H30N4O3S. The quantitative estimate of drug-likeness (QED) is 0.792. The summed E-state index contributed by atoms with van der Waals surface area (Å²) in [7, 11) is -3.57. The average Bonchev–Trinajstić information content (AvgIpc) is 2.68.